The molecule has 0 N–H and O–H groups in total. The molecule has 1 aromatic heterocycles. The van der Waals surface area contributed by atoms with Crippen molar-refractivity contribution >= 4 is 21.4 Å². The number of nitrogens with zero attached hydrogens (tertiary/aromatic N) is 3. The summed E-state index contributed by atoms with van der Waals surface area (Å²) in [5, 5.41) is 16.5. The average molecular weight is 288 g/mol. The first kappa shape index (κ1) is 14.9. The number of aromatic nitrogens is 2. The largest absolute Gasteiger partial charge is 0.222 e. The summed E-state index contributed by atoms with van der Waals surface area (Å²) in [6.07, 6.45) is 1.16. The number of rotatable bonds is 5. The maximum Gasteiger partial charge on any atom is 0.200 e. The predicted molar refractivity (Wildman–Crippen MR) is 68.3 cm³/mol. The molecular weight excluding hydrogens is 274 g/mol. The lowest BCUT2D eigenvalue weighted by atomic mass is 10.1. The first-order chi connectivity index (χ1) is 8.51. The van der Waals surface area contributed by atoms with Gasteiger partial charge in [0.1, 0.15) is 6.07 Å². The van der Waals surface area contributed by atoms with Gasteiger partial charge in [0, 0.05) is 5.88 Å². The summed E-state index contributed by atoms with van der Waals surface area (Å²) in [5.74, 6) is -0.279. The van der Waals surface area contributed by atoms with Gasteiger partial charge in [0.25, 0.3) is 0 Å². The van der Waals surface area contributed by atoms with Gasteiger partial charge in [0.2, 0.25) is 0 Å². The van der Waals surface area contributed by atoms with E-state index in [1.54, 1.807) is 0 Å². The van der Waals surface area contributed by atoms with Gasteiger partial charge >= 0.3 is 0 Å². The standard InChI is InChI=1S/C11H14ClN3O2S/c1-3-8-9(7-13)11(15-14-10(8)4-2)18(16,17)6-5-12/h3-6H2,1-2H3. The van der Waals surface area contributed by atoms with Crippen LogP contribution in [0.4, 0.5) is 0 Å². The van der Waals surface area contributed by atoms with Crippen molar-refractivity contribution in [2.24, 2.45) is 0 Å². The molecule has 0 spiro atoms. The van der Waals surface area contributed by atoms with Crippen molar-refractivity contribution in [1.29, 1.82) is 5.26 Å². The fourth-order valence-corrected chi connectivity index (χ4v) is 3.34. The summed E-state index contributed by atoms with van der Waals surface area (Å²) >= 11 is 5.45. The van der Waals surface area contributed by atoms with E-state index in [1.807, 2.05) is 19.9 Å². The van der Waals surface area contributed by atoms with E-state index in [-0.39, 0.29) is 22.2 Å². The maximum atomic E-state index is 11.9. The molecule has 1 aromatic rings. The van der Waals surface area contributed by atoms with E-state index >= 15 is 0 Å². The summed E-state index contributed by atoms with van der Waals surface area (Å²) < 4.78 is 23.9. The highest BCUT2D eigenvalue weighted by Crippen LogP contribution is 2.20. The normalized spacial score (nSPS) is 11.2. The van der Waals surface area contributed by atoms with E-state index in [0.717, 1.165) is 0 Å². The molecule has 0 aliphatic heterocycles. The van der Waals surface area contributed by atoms with Crippen LogP contribution in [-0.4, -0.2) is 30.2 Å². The van der Waals surface area contributed by atoms with Crippen LogP contribution < -0.4 is 0 Å². The van der Waals surface area contributed by atoms with Crippen molar-refractivity contribution in [3.05, 3.63) is 16.8 Å². The fourth-order valence-electron chi connectivity index (χ4n) is 1.69. The van der Waals surface area contributed by atoms with Crippen LogP contribution >= 0.6 is 11.6 Å². The third-order valence-electron chi connectivity index (χ3n) is 2.57. The Morgan fingerprint density at radius 1 is 1.28 bits per heavy atom. The number of sulfone groups is 1. The highest BCUT2D eigenvalue weighted by Gasteiger charge is 2.24. The number of halogens is 1. The third-order valence-corrected chi connectivity index (χ3v) is 4.60. The lowest BCUT2D eigenvalue weighted by molar-refractivity contribution is 0.589. The Morgan fingerprint density at radius 2 is 1.94 bits per heavy atom. The predicted octanol–water partition coefficient (Wildman–Crippen LogP) is 1.49. The first-order valence-electron chi connectivity index (χ1n) is 5.59. The zero-order chi connectivity index (χ0) is 13.8. The van der Waals surface area contributed by atoms with Crippen LogP contribution in [0.25, 0.3) is 0 Å². The van der Waals surface area contributed by atoms with Gasteiger partial charge in [-0.1, -0.05) is 13.8 Å². The molecule has 0 fully saturated rings. The molecule has 1 rings (SSSR count). The third kappa shape index (κ3) is 2.79. The number of alkyl halides is 1. The van der Waals surface area contributed by atoms with Gasteiger partial charge in [-0.3, -0.25) is 0 Å². The molecule has 0 saturated carbocycles. The average Bonchev–Trinajstić information content (AvgIpc) is 2.36. The number of hydrogen-bond acceptors (Lipinski definition) is 5. The summed E-state index contributed by atoms with van der Waals surface area (Å²) in [6, 6.07) is 1.93. The highest BCUT2D eigenvalue weighted by molar-refractivity contribution is 7.91. The maximum absolute atomic E-state index is 11.9. The Bertz CT molecular complexity index is 579. The molecule has 0 saturated heterocycles. The molecule has 5 nitrogen and oxygen atoms in total. The zero-order valence-electron chi connectivity index (χ0n) is 10.3. The topological polar surface area (TPSA) is 83.7 Å². The second kappa shape index (κ2) is 6.12. The molecule has 0 unspecified atom stereocenters. The highest BCUT2D eigenvalue weighted by atomic mass is 35.5. The van der Waals surface area contributed by atoms with Crippen LogP contribution in [0.15, 0.2) is 5.03 Å². The van der Waals surface area contributed by atoms with E-state index in [1.165, 1.54) is 0 Å². The Labute approximate surface area is 112 Å². The van der Waals surface area contributed by atoms with Crippen molar-refractivity contribution in [3.63, 3.8) is 0 Å². The Hall–Kier alpha value is -1.19. The summed E-state index contributed by atoms with van der Waals surface area (Å²) in [4.78, 5) is 0. The molecule has 7 heteroatoms. The first-order valence-corrected chi connectivity index (χ1v) is 7.77. The molecule has 0 aromatic carbocycles. The van der Waals surface area contributed by atoms with Gasteiger partial charge in [0.05, 0.1) is 17.0 Å². The van der Waals surface area contributed by atoms with Crippen LogP contribution in [-0.2, 0) is 22.7 Å². The molecule has 0 atom stereocenters. The van der Waals surface area contributed by atoms with E-state index in [2.05, 4.69) is 10.2 Å². The van der Waals surface area contributed by atoms with E-state index in [4.69, 9.17) is 16.9 Å². The molecule has 1 heterocycles. The number of aryl methyl sites for hydroxylation is 1. The van der Waals surface area contributed by atoms with Crippen molar-refractivity contribution in [2.75, 3.05) is 11.6 Å². The van der Waals surface area contributed by atoms with Crippen LogP contribution in [0, 0.1) is 11.3 Å². The number of hydrogen-bond donors (Lipinski definition) is 0. The molecule has 0 radical (unpaired) electrons. The SMILES string of the molecule is CCc1nnc(S(=O)(=O)CCCl)c(C#N)c1CC. The second-order valence-corrected chi connectivity index (χ2v) is 6.03. The van der Waals surface area contributed by atoms with E-state index in [9.17, 15) is 8.42 Å². The lowest BCUT2D eigenvalue weighted by Crippen LogP contribution is -2.16. The number of nitriles is 1. The molecule has 0 aliphatic rings. The smallest absolute Gasteiger partial charge is 0.200 e. The minimum atomic E-state index is -3.64. The minimum Gasteiger partial charge on any atom is -0.222 e. The zero-order valence-corrected chi connectivity index (χ0v) is 11.8. The second-order valence-electron chi connectivity index (χ2n) is 3.63. The van der Waals surface area contributed by atoms with Gasteiger partial charge in [-0.25, -0.2) is 8.42 Å². The van der Waals surface area contributed by atoms with Crippen LogP contribution in [0.5, 0.6) is 0 Å². The lowest BCUT2D eigenvalue weighted by Gasteiger charge is -2.10. The van der Waals surface area contributed by atoms with E-state index in [0.29, 0.717) is 24.1 Å². The Morgan fingerprint density at radius 3 is 2.39 bits per heavy atom. The van der Waals surface area contributed by atoms with Gasteiger partial charge in [-0.2, -0.15) is 10.4 Å². The molecule has 0 aliphatic carbocycles. The quantitative estimate of drug-likeness (QED) is 0.766. The summed E-state index contributed by atoms with van der Waals surface area (Å²) in [7, 11) is -3.64. The van der Waals surface area contributed by atoms with Crippen LogP contribution in [0.3, 0.4) is 0 Å². The molecule has 0 amide bonds. The monoisotopic (exact) mass is 287 g/mol. The molecule has 18 heavy (non-hydrogen) atoms. The summed E-state index contributed by atoms with van der Waals surface area (Å²) in [6.45, 7) is 3.74. The van der Waals surface area contributed by atoms with Crippen molar-refractivity contribution < 1.29 is 8.42 Å². The summed E-state index contributed by atoms with van der Waals surface area (Å²) in [5.41, 5.74) is 1.43. The van der Waals surface area contributed by atoms with Gasteiger partial charge in [0.15, 0.2) is 14.9 Å². The van der Waals surface area contributed by atoms with E-state index < -0.39 is 9.84 Å². The van der Waals surface area contributed by atoms with Gasteiger partial charge < -0.3 is 0 Å². The molecular formula is C11H14ClN3O2S. The minimum absolute atomic E-state index is 0.0358. The van der Waals surface area contributed by atoms with Crippen molar-refractivity contribution in [3.8, 4) is 6.07 Å². The van der Waals surface area contributed by atoms with Crippen LogP contribution in [0.2, 0.25) is 0 Å². The Balaban J connectivity index is 3.54. The fraction of sp³-hybridized carbons (Fsp3) is 0.545. The Kier molecular flexibility index (Phi) is 5.05. The van der Waals surface area contributed by atoms with Gasteiger partial charge in [-0.05, 0) is 18.4 Å². The van der Waals surface area contributed by atoms with Crippen molar-refractivity contribution in [2.45, 2.75) is 31.7 Å². The molecule has 98 valence electrons. The van der Waals surface area contributed by atoms with Crippen LogP contribution in [0.1, 0.15) is 30.7 Å². The molecule has 0 bridgehead atoms. The van der Waals surface area contributed by atoms with Gasteiger partial charge in [-0.15, -0.1) is 16.7 Å². The van der Waals surface area contributed by atoms with Crippen molar-refractivity contribution in [1.82, 2.24) is 10.2 Å².